The second-order valence-electron chi connectivity index (χ2n) is 7.10. The molecule has 3 N–H and O–H groups in total. The van der Waals surface area contributed by atoms with Gasteiger partial charge in [-0.2, -0.15) is 0 Å². The molecule has 27 heavy (non-hydrogen) atoms. The molecule has 0 spiro atoms. The lowest BCUT2D eigenvalue weighted by Gasteiger charge is -2.19. The van der Waals surface area contributed by atoms with E-state index in [4.69, 9.17) is 0 Å². The van der Waals surface area contributed by atoms with Crippen LogP contribution in [0.2, 0.25) is 0 Å². The van der Waals surface area contributed by atoms with E-state index in [0.717, 1.165) is 17.1 Å². The normalized spacial score (nSPS) is 11.3. The van der Waals surface area contributed by atoms with Crippen molar-refractivity contribution < 1.29 is 5.11 Å². The number of hydrogen-bond donors (Lipinski definition) is 3. The highest BCUT2D eigenvalue weighted by Gasteiger charge is 2.14. The summed E-state index contributed by atoms with van der Waals surface area (Å²) < 4.78 is 0. The lowest BCUT2D eigenvalue weighted by molar-refractivity contribution is 0.0944. The minimum Gasteiger partial charge on any atom is -0.389 e. The Morgan fingerprint density at radius 3 is 2.44 bits per heavy atom. The van der Waals surface area contributed by atoms with Gasteiger partial charge in [-0.1, -0.05) is 6.07 Å². The first-order valence-electron chi connectivity index (χ1n) is 8.77. The molecule has 3 aromatic rings. The SMILES string of the molecule is Cc1cc(Nc2cc(NCC(C)(C)O)nc(-c3cccc(C)n3)n2)ccn1. The van der Waals surface area contributed by atoms with Gasteiger partial charge in [0, 0.05) is 35.9 Å². The number of hydrogen-bond acceptors (Lipinski definition) is 7. The highest BCUT2D eigenvalue weighted by Crippen LogP contribution is 2.22. The fourth-order valence-electron chi connectivity index (χ4n) is 2.46. The number of nitrogens with zero attached hydrogens (tertiary/aromatic N) is 4. The summed E-state index contributed by atoms with van der Waals surface area (Å²) in [6, 6.07) is 11.4. The van der Waals surface area contributed by atoms with Crippen molar-refractivity contribution in [3.63, 3.8) is 0 Å². The Kier molecular flexibility index (Phi) is 5.32. The van der Waals surface area contributed by atoms with Gasteiger partial charge in [-0.15, -0.1) is 0 Å². The Morgan fingerprint density at radius 2 is 1.74 bits per heavy atom. The smallest absolute Gasteiger partial charge is 0.182 e. The molecule has 7 heteroatoms. The van der Waals surface area contributed by atoms with Gasteiger partial charge in [-0.05, 0) is 52.0 Å². The number of pyridine rings is 2. The van der Waals surface area contributed by atoms with E-state index in [0.29, 0.717) is 29.7 Å². The Balaban J connectivity index is 1.97. The Morgan fingerprint density at radius 1 is 0.963 bits per heavy atom. The van der Waals surface area contributed by atoms with Crippen molar-refractivity contribution in [2.45, 2.75) is 33.3 Å². The van der Waals surface area contributed by atoms with Crippen LogP contribution in [0.1, 0.15) is 25.2 Å². The highest BCUT2D eigenvalue weighted by molar-refractivity contribution is 5.63. The summed E-state index contributed by atoms with van der Waals surface area (Å²) in [7, 11) is 0. The zero-order valence-corrected chi connectivity index (χ0v) is 16.0. The molecule has 0 aliphatic carbocycles. The van der Waals surface area contributed by atoms with Crippen molar-refractivity contribution in [2.24, 2.45) is 0 Å². The Hall–Kier alpha value is -3.06. The van der Waals surface area contributed by atoms with Crippen LogP contribution in [0.3, 0.4) is 0 Å². The molecule has 0 saturated heterocycles. The standard InChI is InChI=1S/C20H24N6O/c1-13-6-5-7-16(23-13)19-25-17(22-12-20(3,4)27)11-18(26-19)24-15-8-9-21-14(2)10-15/h5-11,27H,12H2,1-4H3,(H2,21,22,24,25,26). The van der Waals surface area contributed by atoms with Gasteiger partial charge in [0.2, 0.25) is 0 Å². The quantitative estimate of drug-likeness (QED) is 0.616. The van der Waals surface area contributed by atoms with Crippen molar-refractivity contribution >= 4 is 17.3 Å². The summed E-state index contributed by atoms with van der Waals surface area (Å²) >= 11 is 0. The summed E-state index contributed by atoms with van der Waals surface area (Å²) in [5.41, 5.74) is 2.52. The van der Waals surface area contributed by atoms with Gasteiger partial charge in [0.05, 0.1) is 5.60 Å². The molecule has 3 rings (SSSR count). The van der Waals surface area contributed by atoms with Crippen molar-refractivity contribution in [3.8, 4) is 11.5 Å². The molecule has 0 fully saturated rings. The first-order chi connectivity index (χ1) is 12.8. The maximum atomic E-state index is 10.00. The molecule has 0 radical (unpaired) electrons. The minimum atomic E-state index is -0.859. The average Bonchev–Trinajstić information content (AvgIpc) is 2.59. The molecule has 0 bridgehead atoms. The van der Waals surface area contributed by atoms with E-state index in [1.54, 1.807) is 26.1 Å². The number of anilines is 3. The van der Waals surface area contributed by atoms with Crippen LogP contribution < -0.4 is 10.6 Å². The lowest BCUT2D eigenvalue weighted by Crippen LogP contribution is -2.29. The van der Waals surface area contributed by atoms with E-state index in [-0.39, 0.29) is 0 Å². The summed E-state index contributed by atoms with van der Waals surface area (Å²) in [6.07, 6.45) is 1.75. The predicted molar refractivity (Wildman–Crippen MR) is 107 cm³/mol. The molecule has 7 nitrogen and oxygen atoms in total. The number of nitrogens with one attached hydrogen (secondary N) is 2. The fraction of sp³-hybridized carbons (Fsp3) is 0.300. The third-order valence-corrected chi connectivity index (χ3v) is 3.71. The summed E-state index contributed by atoms with van der Waals surface area (Å²) in [6.45, 7) is 7.70. The highest BCUT2D eigenvalue weighted by atomic mass is 16.3. The molecule has 0 aliphatic heterocycles. The van der Waals surface area contributed by atoms with Crippen molar-refractivity contribution in [2.75, 3.05) is 17.2 Å². The minimum absolute atomic E-state index is 0.360. The van der Waals surface area contributed by atoms with E-state index < -0.39 is 5.60 Å². The molecule has 0 amide bonds. The third-order valence-electron chi connectivity index (χ3n) is 3.71. The predicted octanol–water partition coefficient (Wildman–Crippen LogP) is 3.48. The maximum Gasteiger partial charge on any atom is 0.182 e. The van der Waals surface area contributed by atoms with Gasteiger partial charge in [0.15, 0.2) is 5.82 Å². The number of aryl methyl sites for hydroxylation is 2. The molecular formula is C20H24N6O. The van der Waals surface area contributed by atoms with Crippen LogP contribution in [-0.2, 0) is 0 Å². The van der Waals surface area contributed by atoms with E-state index in [9.17, 15) is 5.11 Å². The van der Waals surface area contributed by atoms with E-state index in [1.165, 1.54) is 0 Å². The van der Waals surface area contributed by atoms with Gasteiger partial charge in [0.25, 0.3) is 0 Å². The molecule has 0 saturated carbocycles. The van der Waals surface area contributed by atoms with Crippen LogP contribution in [0.25, 0.3) is 11.5 Å². The van der Waals surface area contributed by atoms with Gasteiger partial charge in [-0.25, -0.2) is 15.0 Å². The third kappa shape index (κ3) is 5.46. The molecule has 0 unspecified atom stereocenters. The zero-order valence-electron chi connectivity index (χ0n) is 16.0. The van der Waals surface area contributed by atoms with Gasteiger partial charge in [-0.3, -0.25) is 4.98 Å². The number of aromatic nitrogens is 4. The van der Waals surface area contributed by atoms with Crippen LogP contribution >= 0.6 is 0 Å². The van der Waals surface area contributed by atoms with E-state index in [1.807, 2.05) is 44.2 Å². The molecule has 0 aliphatic rings. The fourth-order valence-corrected chi connectivity index (χ4v) is 2.46. The van der Waals surface area contributed by atoms with E-state index >= 15 is 0 Å². The number of rotatable bonds is 6. The first kappa shape index (κ1) is 18.7. The zero-order chi connectivity index (χ0) is 19.4. The first-order valence-corrected chi connectivity index (χ1v) is 8.77. The van der Waals surface area contributed by atoms with Gasteiger partial charge >= 0.3 is 0 Å². The Labute approximate surface area is 159 Å². The maximum absolute atomic E-state index is 10.00. The molecule has 3 aromatic heterocycles. The van der Waals surface area contributed by atoms with Crippen LogP contribution in [0.5, 0.6) is 0 Å². The van der Waals surface area contributed by atoms with Crippen LogP contribution in [-0.4, -0.2) is 37.2 Å². The second-order valence-corrected chi connectivity index (χ2v) is 7.10. The largest absolute Gasteiger partial charge is 0.389 e. The molecule has 0 aromatic carbocycles. The van der Waals surface area contributed by atoms with Crippen molar-refractivity contribution in [3.05, 3.63) is 54.0 Å². The van der Waals surface area contributed by atoms with Crippen LogP contribution in [0.15, 0.2) is 42.6 Å². The van der Waals surface area contributed by atoms with Crippen molar-refractivity contribution in [1.29, 1.82) is 0 Å². The Bertz CT molecular complexity index is 936. The molecule has 3 heterocycles. The second kappa shape index (κ2) is 7.67. The number of aliphatic hydroxyl groups is 1. The topological polar surface area (TPSA) is 95.8 Å². The average molecular weight is 364 g/mol. The van der Waals surface area contributed by atoms with Gasteiger partial charge < -0.3 is 15.7 Å². The molecule has 140 valence electrons. The summed E-state index contributed by atoms with van der Waals surface area (Å²) in [5, 5.41) is 16.4. The van der Waals surface area contributed by atoms with Crippen LogP contribution in [0, 0.1) is 13.8 Å². The molecule has 0 atom stereocenters. The van der Waals surface area contributed by atoms with Crippen LogP contribution in [0.4, 0.5) is 17.3 Å². The summed E-state index contributed by atoms with van der Waals surface area (Å²) in [4.78, 5) is 17.9. The summed E-state index contributed by atoms with van der Waals surface area (Å²) in [5.74, 6) is 1.75. The molecular weight excluding hydrogens is 340 g/mol. The monoisotopic (exact) mass is 364 g/mol. The lowest BCUT2D eigenvalue weighted by atomic mass is 10.1. The van der Waals surface area contributed by atoms with Gasteiger partial charge in [0.1, 0.15) is 17.3 Å². The van der Waals surface area contributed by atoms with Crippen molar-refractivity contribution in [1.82, 2.24) is 19.9 Å². The van der Waals surface area contributed by atoms with E-state index in [2.05, 4.69) is 30.6 Å².